The van der Waals surface area contributed by atoms with Crippen molar-refractivity contribution < 1.29 is 9.47 Å². The summed E-state index contributed by atoms with van der Waals surface area (Å²) < 4.78 is 10.8. The summed E-state index contributed by atoms with van der Waals surface area (Å²) >= 11 is 0. The Labute approximate surface area is 135 Å². The third-order valence-corrected chi connectivity index (χ3v) is 4.75. The third kappa shape index (κ3) is 4.14. The lowest BCUT2D eigenvalue weighted by Crippen LogP contribution is -2.49. The van der Waals surface area contributed by atoms with Crippen LogP contribution in [0.2, 0.25) is 0 Å². The van der Waals surface area contributed by atoms with Gasteiger partial charge < -0.3 is 9.47 Å². The second-order valence-corrected chi connectivity index (χ2v) is 5.96. The molecule has 1 aromatic rings. The van der Waals surface area contributed by atoms with Gasteiger partial charge in [-0.15, -0.1) is 0 Å². The Morgan fingerprint density at radius 3 is 2.23 bits per heavy atom. The molecule has 1 aliphatic heterocycles. The van der Waals surface area contributed by atoms with Crippen molar-refractivity contribution in [2.45, 2.75) is 39.3 Å². The fraction of sp³-hybridized carbons (Fsp3) is 0.667. The number of nitrogens with zero attached hydrogens (tertiary/aromatic N) is 2. The Hall–Kier alpha value is -1.26. The summed E-state index contributed by atoms with van der Waals surface area (Å²) in [5.41, 5.74) is 1.24. The van der Waals surface area contributed by atoms with Crippen LogP contribution in [-0.4, -0.2) is 56.2 Å². The van der Waals surface area contributed by atoms with E-state index < -0.39 is 0 Å². The minimum atomic E-state index is 0.748. The molecule has 0 saturated carbocycles. The first-order valence-corrected chi connectivity index (χ1v) is 8.39. The molecule has 1 fully saturated rings. The van der Waals surface area contributed by atoms with Crippen LogP contribution >= 0.6 is 0 Å². The van der Waals surface area contributed by atoms with E-state index in [0.29, 0.717) is 0 Å². The van der Waals surface area contributed by atoms with Gasteiger partial charge in [0.15, 0.2) is 0 Å². The van der Waals surface area contributed by atoms with Crippen molar-refractivity contribution in [3.8, 4) is 11.5 Å². The highest BCUT2D eigenvalue weighted by Crippen LogP contribution is 2.26. The lowest BCUT2D eigenvalue weighted by Gasteiger charge is -2.39. The molecule has 1 heterocycles. The summed E-state index contributed by atoms with van der Waals surface area (Å²) in [5.74, 6) is 1.76. The van der Waals surface area contributed by atoms with Crippen molar-refractivity contribution >= 4 is 0 Å². The Morgan fingerprint density at radius 1 is 1.00 bits per heavy atom. The maximum absolute atomic E-state index is 5.51. The smallest absolute Gasteiger partial charge is 0.127 e. The minimum Gasteiger partial charge on any atom is -0.497 e. The Kier molecular flexibility index (Phi) is 6.52. The van der Waals surface area contributed by atoms with Gasteiger partial charge >= 0.3 is 0 Å². The number of benzene rings is 1. The van der Waals surface area contributed by atoms with Crippen molar-refractivity contribution in [3.63, 3.8) is 0 Å². The summed E-state index contributed by atoms with van der Waals surface area (Å²) in [6.07, 6.45) is 2.51. The molecule has 1 aliphatic rings. The standard InChI is InChI=1S/C18H30N2O2/c1-5-16(6-2)20-11-9-19(10-12-20)14-15-7-8-17(21-3)13-18(15)22-4/h7-8,13,16H,5-6,9-12,14H2,1-4H3. The molecule has 0 aromatic heterocycles. The fourth-order valence-corrected chi connectivity index (χ4v) is 3.32. The molecule has 1 saturated heterocycles. The molecule has 2 rings (SSSR count). The number of piperazine rings is 1. The molecule has 0 radical (unpaired) electrons. The number of hydrogen-bond acceptors (Lipinski definition) is 4. The van der Waals surface area contributed by atoms with E-state index in [1.807, 2.05) is 12.1 Å². The molecule has 22 heavy (non-hydrogen) atoms. The predicted octanol–water partition coefficient (Wildman–Crippen LogP) is 3.01. The molecular formula is C18H30N2O2. The predicted molar refractivity (Wildman–Crippen MR) is 90.8 cm³/mol. The second kappa shape index (κ2) is 8.39. The minimum absolute atomic E-state index is 0.748. The number of hydrogen-bond donors (Lipinski definition) is 0. The van der Waals surface area contributed by atoms with E-state index in [4.69, 9.17) is 9.47 Å². The van der Waals surface area contributed by atoms with Gasteiger partial charge in [-0.1, -0.05) is 19.9 Å². The maximum Gasteiger partial charge on any atom is 0.127 e. The summed E-state index contributed by atoms with van der Waals surface area (Å²) in [5, 5.41) is 0. The molecular weight excluding hydrogens is 276 g/mol. The zero-order valence-corrected chi connectivity index (χ0v) is 14.5. The molecule has 0 N–H and O–H groups in total. The summed E-state index contributed by atoms with van der Waals surface area (Å²) in [4.78, 5) is 5.16. The van der Waals surface area contributed by atoms with Crippen molar-refractivity contribution in [1.29, 1.82) is 0 Å². The zero-order valence-electron chi connectivity index (χ0n) is 14.5. The normalized spacial score (nSPS) is 17.0. The molecule has 0 spiro atoms. The topological polar surface area (TPSA) is 24.9 Å². The summed E-state index contributed by atoms with van der Waals surface area (Å²) in [7, 11) is 3.41. The molecule has 0 amide bonds. The number of methoxy groups -OCH3 is 2. The largest absolute Gasteiger partial charge is 0.497 e. The van der Waals surface area contributed by atoms with Crippen LogP contribution in [0.4, 0.5) is 0 Å². The lowest BCUT2D eigenvalue weighted by molar-refractivity contribution is 0.0876. The van der Waals surface area contributed by atoms with E-state index >= 15 is 0 Å². The van der Waals surface area contributed by atoms with Crippen LogP contribution in [0.15, 0.2) is 18.2 Å². The Bertz CT molecular complexity index is 452. The van der Waals surface area contributed by atoms with Gasteiger partial charge in [0.1, 0.15) is 11.5 Å². The first-order valence-electron chi connectivity index (χ1n) is 8.39. The highest BCUT2D eigenvalue weighted by atomic mass is 16.5. The molecule has 0 atom stereocenters. The first-order chi connectivity index (χ1) is 10.7. The SMILES string of the molecule is CCC(CC)N1CCN(Cc2ccc(OC)cc2OC)CC1. The van der Waals surface area contributed by atoms with Gasteiger partial charge in [0, 0.05) is 50.4 Å². The van der Waals surface area contributed by atoms with E-state index in [-0.39, 0.29) is 0 Å². The van der Waals surface area contributed by atoms with Crippen LogP contribution in [0.3, 0.4) is 0 Å². The summed E-state index contributed by atoms with van der Waals surface area (Å²) in [6, 6.07) is 6.84. The second-order valence-electron chi connectivity index (χ2n) is 5.96. The highest BCUT2D eigenvalue weighted by Gasteiger charge is 2.22. The monoisotopic (exact) mass is 306 g/mol. The van der Waals surface area contributed by atoms with E-state index in [1.165, 1.54) is 31.5 Å². The maximum atomic E-state index is 5.51. The van der Waals surface area contributed by atoms with E-state index in [1.54, 1.807) is 14.2 Å². The Balaban J connectivity index is 1.93. The quantitative estimate of drug-likeness (QED) is 0.773. The van der Waals surface area contributed by atoms with Gasteiger partial charge in [-0.05, 0) is 18.9 Å². The van der Waals surface area contributed by atoms with Gasteiger partial charge in [0.2, 0.25) is 0 Å². The molecule has 4 heteroatoms. The van der Waals surface area contributed by atoms with Crippen LogP contribution < -0.4 is 9.47 Å². The summed E-state index contributed by atoms with van der Waals surface area (Å²) in [6.45, 7) is 10.1. The fourth-order valence-electron chi connectivity index (χ4n) is 3.32. The third-order valence-electron chi connectivity index (χ3n) is 4.75. The van der Waals surface area contributed by atoms with Crippen molar-refractivity contribution in [3.05, 3.63) is 23.8 Å². The van der Waals surface area contributed by atoms with Gasteiger partial charge in [-0.3, -0.25) is 9.80 Å². The molecule has 0 bridgehead atoms. The number of ether oxygens (including phenoxy) is 2. The van der Waals surface area contributed by atoms with Gasteiger partial charge in [0.25, 0.3) is 0 Å². The number of rotatable bonds is 7. The molecule has 0 aliphatic carbocycles. The zero-order chi connectivity index (χ0) is 15.9. The van der Waals surface area contributed by atoms with Crippen molar-refractivity contribution in [2.24, 2.45) is 0 Å². The van der Waals surface area contributed by atoms with Gasteiger partial charge in [-0.25, -0.2) is 0 Å². The highest BCUT2D eigenvalue weighted by molar-refractivity contribution is 5.40. The van der Waals surface area contributed by atoms with Crippen LogP contribution in [0, 0.1) is 0 Å². The molecule has 0 unspecified atom stereocenters. The molecule has 4 nitrogen and oxygen atoms in total. The van der Waals surface area contributed by atoms with Crippen molar-refractivity contribution in [2.75, 3.05) is 40.4 Å². The van der Waals surface area contributed by atoms with Crippen LogP contribution in [0.1, 0.15) is 32.3 Å². The molecule has 124 valence electrons. The van der Waals surface area contributed by atoms with Crippen LogP contribution in [0.25, 0.3) is 0 Å². The first kappa shape index (κ1) is 17.1. The van der Waals surface area contributed by atoms with Crippen LogP contribution in [-0.2, 0) is 6.54 Å². The average molecular weight is 306 g/mol. The van der Waals surface area contributed by atoms with Gasteiger partial charge in [-0.2, -0.15) is 0 Å². The van der Waals surface area contributed by atoms with E-state index in [2.05, 4.69) is 29.7 Å². The van der Waals surface area contributed by atoms with Crippen molar-refractivity contribution in [1.82, 2.24) is 9.80 Å². The lowest BCUT2D eigenvalue weighted by atomic mass is 10.1. The van der Waals surface area contributed by atoms with Gasteiger partial charge in [0.05, 0.1) is 14.2 Å². The van der Waals surface area contributed by atoms with E-state index in [0.717, 1.165) is 37.2 Å². The van der Waals surface area contributed by atoms with Crippen LogP contribution in [0.5, 0.6) is 11.5 Å². The average Bonchev–Trinajstić information content (AvgIpc) is 2.57. The Morgan fingerprint density at radius 2 is 1.68 bits per heavy atom. The molecule has 1 aromatic carbocycles. The van der Waals surface area contributed by atoms with E-state index in [9.17, 15) is 0 Å².